The molecule has 5 rings (SSSR count). The van der Waals surface area contributed by atoms with E-state index in [9.17, 15) is 0 Å². The first-order chi connectivity index (χ1) is 16.3. The normalized spacial score (nSPS) is 10.7. The van der Waals surface area contributed by atoms with Gasteiger partial charge in [0.15, 0.2) is 0 Å². The number of hydrogen-bond acceptors (Lipinski definition) is 2. The number of hydrogen-bond donors (Lipinski definition) is 2. The van der Waals surface area contributed by atoms with Crippen molar-refractivity contribution in [3.05, 3.63) is 133 Å². The van der Waals surface area contributed by atoms with Gasteiger partial charge >= 0.3 is 0 Å². The summed E-state index contributed by atoms with van der Waals surface area (Å²) >= 11 is 0. The lowest BCUT2D eigenvalue weighted by Crippen LogP contribution is -1.98. The van der Waals surface area contributed by atoms with Gasteiger partial charge in [-0.1, -0.05) is 97.1 Å². The highest BCUT2D eigenvalue weighted by molar-refractivity contribution is 5.84. The minimum Gasteiger partial charge on any atom is -0.355 e. The van der Waals surface area contributed by atoms with E-state index in [0.717, 1.165) is 22.5 Å². The highest BCUT2D eigenvalue weighted by atomic mass is 14.9. The molecule has 3 N–H and O–H groups in total. The quantitative estimate of drug-likeness (QED) is 0.290. The molecule has 0 spiro atoms. The van der Waals surface area contributed by atoms with Gasteiger partial charge in [0.25, 0.3) is 0 Å². The minimum absolute atomic E-state index is 0.529. The van der Waals surface area contributed by atoms with Crippen LogP contribution >= 0.6 is 0 Å². The Morgan fingerprint density at radius 1 is 0.485 bits per heavy atom. The molecule has 33 heavy (non-hydrogen) atoms. The predicted molar refractivity (Wildman–Crippen MR) is 140 cm³/mol. The maximum absolute atomic E-state index is 5.82. The van der Waals surface area contributed by atoms with Crippen LogP contribution in [0.3, 0.4) is 0 Å². The summed E-state index contributed by atoms with van der Waals surface area (Å²) in [4.78, 5) is 0. The number of para-hydroxylation sites is 1. The van der Waals surface area contributed by atoms with Gasteiger partial charge in [-0.25, -0.2) is 0 Å². The highest BCUT2D eigenvalue weighted by Crippen LogP contribution is 2.34. The van der Waals surface area contributed by atoms with Gasteiger partial charge in [-0.05, 0) is 63.7 Å². The second kappa shape index (κ2) is 9.56. The Bertz CT molecular complexity index is 1370. The first-order valence-corrected chi connectivity index (χ1v) is 11.2. The summed E-state index contributed by atoms with van der Waals surface area (Å²) in [6.07, 6.45) is 0. The van der Waals surface area contributed by atoms with Gasteiger partial charge < -0.3 is 11.1 Å². The van der Waals surface area contributed by atoms with Gasteiger partial charge in [0.2, 0.25) is 0 Å². The molecule has 0 unspecified atom stereocenters. The zero-order valence-corrected chi connectivity index (χ0v) is 18.4. The fourth-order valence-electron chi connectivity index (χ4n) is 4.15. The topological polar surface area (TPSA) is 38.0 Å². The van der Waals surface area contributed by atoms with Crippen molar-refractivity contribution >= 4 is 11.4 Å². The molecule has 2 heteroatoms. The molecule has 0 aromatic heterocycles. The van der Waals surface area contributed by atoms with E-state index in [1.54, 1.807) is 0 Å². The molecule has 0 amide bonds. The molecule has 0 atom stereocenters. The van der Waals surface area contributed by atoms with Crippen molar-refractivity contribution in [1.29, 1.82) is 0 Å². The summed E-state index contributed by atoms with van der Waals surface area (Å²) in [5.74, 6) is 0. The largest absolute Gasteiger partial charge is 0.355 e. The third-order valence-electron chi connectivity index (χ3n) is 5.85. The first-order valence-electron chi connectivity index (χ1n) is 11.2. The molecule has 0 bridgehead atoms. The SMILES string of the molecule is NCc1cccc(Nc2ccccc2-c2cccc(-c3cccc(-c4ccccc4)c3)c2)c1. The fourth-order valence-corrected chi connectivity index (χ4v) is 4.15. The van der Waals surface area contributed by atoms with Crippen LogP contribution in [0.1, 0.15) is 5.56 Å². The molecule has 0 fully saturated rings. The van der Waals surface area contributed by atoms with Crippen LogP contribution in [0.4, 0.5) is 11.4 Å². The monoisotopic (exact) mass is 426 g/mol. The van der Waals surface area contributed by atoms with E-state index in [2.05, 4.69) is 121 Å². The van der Waals surface area contributed by atoms with Gasteiger partial charge in [0, 0.05) is 23.5 Å². The molecule has 0 aliphatic rings. The number of rotatable bonds is 6. The molecule has 2 nitrogen and oxygen atoms in total. The maximum Gasteiger partial charge on any atom is 0.0463 e. The van der Waals surface area contributed by atoms with Crippen LogP contribution in [0.15, 0.2) is 127 Å². The summed E-state index contributed by atoms with van der Waals surface area (Å²) < 4.78 is 0. The molecule has 0 saturated carbocycles. The molecular weight excluding hydrogens is 400 g/mol. The molecule has 0 heterocycles. The number of nitrogens with one attached hydrogen (secondary N) is 1. The van der Waals surface area contributed by atoms with Gasteiger partial charge in [0.05, 0.1) is 0 Å². The zero-order chi connectivity index (χ0) is 22.5. The van der Waals surface area contributed by atoms with Crippen LogP contribution in [-0.4, -0.2) is 0 Å². The Labute approximate surface area is 195 Å². The number of nitrogens with two attached hydrogens (primary N) is 1. The Morgan fingerprint density at radius 3 is 1.82 bits per heavy atom. The average Bonchev–Trinajstić information content (AvgIpc) is 2.90. The van der Waals surface area contributed by atoms with E-state index in [1.165, 1.54) is 27.8 Å². The lowest BCUT2D eigenvalue weighted by molar-refractivity contribution is 1.07. The standard InChI is InChI=1S/C31H26N2/c32-22-23-9-6-16-29(19-23)33-31-18-5-4-17-30(31)28-15-8-14-27(21-28)26-13-7-12-25(20-26)24-10-2-1-3-11-24/h1-21,33H,22,32H2. The molecule has 0 aliphatic carbocycles. The van der Waals surface area contributed by atoms with Crippen LogP contribution < -0.4 is 11.1 Å². The van der Waals surface area contributed by atoms with Crippen molar-refractivity contribution in [1.82, 2.24) is 0 Å². The van der Waals surface area contributed by atoms with E-state index < -0.39 is 0 Å². The summed E-state index contributed by atoms with van der Waals surface area (Å²) in [5.41, 5.74) is 16.2. The summed E-state index contributed by atoms with van der Waals surface area (Å²) in [7, 11) is 0. The van der Waals surface area contributed by atoms with Gasteiger partial charge in [-0.15, -0.1) is 0 Å². The Balaban J connectivity index is 1.50. The molecule has 5 aromatic rings. The summed E-state index contributed by atoms with van der Waals surface area (Å²) in [5, 5.41) is 3.58. The Morgan fingerprint density at radius 2 is 1.06 bits per heavy atom. The number of anilines is 2. The second-order valence-electron chi connectivity index (χ2n) is 8.10. The van der Waals surface area contributed by atoms with Crippen molar-refractivity contribution in [2.45, 2.75) is 6.54 Å². The first kappa shape index (κ1) is 20.7. The summed E-state index contributed by atoms with van der Waals surface area (Å²) in [6, 6.07) is 44.7. The number of benzene rings is 5. The van der Waals surface area contributed by atoms with Crippen LogP contribution in [0, 0.1) is 0 Å². The third kappa shape index (κ3) is 4.72. The maximum atomic E-state index is 5.82. The van der Waals surface area contributed by atoms with Crippen LogP contribution in [0.2, 0.25) is 0 Å². The molecule has 0 radical (unpaired) electrons. The van der Waals surface area contributed by atoms with Crippen molar-refractivity contribution in [2.75, 3.05) is 5.32 Å². The smallest absolute Gasteiger partial charge is 0.0463 e. The molecule has 0 saturated heterocycles. The van der Waals surface area contributed by atoms with Crippen molar-refractivity contribution in [3.63, 3.8) is 0 Å². The van der Waals surface area contributed by atoms with E-state index >= 15 is 0 Å². The zero-order valence-electron chi connectivity index (χ0n) is 18.4. The van der Waals surface area contributed by atoms with Gasteiger partial charge in [0.1, 0.15) is 0 Å². The van der Waals surface area contributed by atoms with Gasteiger partial charge in [-0.3, -0.25) is 0 Å². The lowest BCUT2D eigenvalue weighted by atomic mass is 9.95. The van der Waals surface area contributed by atoms with Crippen LogP contribution in [0.25, 0.3) is 33.4 Å². The van der Waals surface area contributed by atoms with Crippen molar-refractivity contribution in [2.24, 2.45) is 5.73 Å². The molecular formula is C31H26N2. The Kier molecular flexibility index (Phi) is 6.01. The predicted octanol–water partition coefficient (Wildman–Crippen LogP) is 7.89. The fraction of sp³-hybridized carbons (Fsp3) is 0.0323. The van der Waals surface area contributed by atoms with Gasteiger partial charge in [-0.2, -0.15) is 0 Å². The molecule has 0 aliphatic heterocycles. The lowest BCUT2D eigenvalue weighted by Gasteiger charge is -2.14. The highest BCUT2D eigenvalue weighted by Gasteiger charge is 2.08. The van der Waals surface area contributed by atoms with Crippen LogP contribution in [0.5, 0.6) is 0 Å². The second-order valence-corrected chi connectivity index (χ2v) is 8.10. The average molecular weight is 427 g/mol. The summed E-state index contributed by atoms with van der Waals surface area (Å²) in [6.45, 7) is 0.529. The van der Waals surface area contributed by atoms with E-state index in [4.69, 9.17) is 5.73 Å². The molecule has 160 valence electrons. The van der Waals surface area contributed by atoms with Crippen molar-refractivity contribution in [3.8, 4) is 33.4 Å². The minimum atomic E-state index is 0.529. The van der Waals surface area contributed by atoms with Crippen molar-refractivity contribution < 1.29 is 0 Å². The molecule has 5 aromatic carbocycles. The van der Waals surface area contributed by atoms with E-state index in [1.807, 2.05) is 12.1 Å². The third-order valence-corrected chi connectivity index (χ3v) is 5.85. The van der Waals surface area contributed by atoms with E-state index in [0.29, 0.717) is 6.54 Å². The van der Waals surface area contributed by atoms with E-state index in [-0.39, 0.29) is 0 Å². The van der Waals surface area contributed by atoms with Crippen LogP contribution in [-0.2, 0) is 6.54 Å². The Hall–Kier alpha value is -4.14.